The number of carbonyl (C=O) groups is 1. The largest absolute Gasteiger partial charge is 0.493 e. The van der Waals surface area contributed by atoms with Gasteiger partial charge in [0.2, 0.25) is 0 Å². The Kier molecular flexibility index (Phi) is 61.4. The van der Waals surface area contributed by atoms with E-state index in [9.17, 15) is 40.5 Å². The Morgan fingerprint density at radius 2 is 0.593 bits per heavy atom. The van der Waals surface area contributed by atoms with Crippen molar-refractivity contribution in [1.82, 2.24) is 0 Å². The first-order valence-corrected chi connectivity index (χ1v) is 46.6. The van der Waals surface area contributed by atoms with Crippen LogP contribution in [0.1, 0.15) is 387 Å². The number of unbranched alkanes of at least 4 members (excludes halogenated alkanes) is 2. The monoisotopic (exact) mass is 1640 g/mol. The smallest absolute Gasteiger partial charge is 0.162 e. The van der Waals surface area contributed by atoms with Gasteiger partial charge in [0.1, 0.15) is 60.9 Å². The normalized spacial score (nSPS) is 12.2. The van der Waals surface area contributed by atoms with Gasteiger partial charge in [0.05, 0.1) is 53.9 Å². The molecular weight excluding hydrogens is 1470 g/mol. The van der Waals surface area contributed by atoms with Crippen molar-refractivity contribution in [3.63, 3.8) is 0 Å². The Labute approximate surface area is 719 Å². The molecule has 0 aromatic heterocycles. The van der Waals surface area contributed by atoms with Gasteiger partial charge in [0, 0.05) is 12.0 Å². The molecule has 0 aliphatic carbocycles. The molecule has 0 saturated heterocycles. The van der Waals surface area contributed by atoms with Gasteiger partial charge in [-0.25, -0.2) is 0 Å². The summed E-state index contributed by atoms with van der Waals surface area (Å²) in [5.74, 6) is 6.34. The van der Waals surface area contributed by atoms with E-state index >= 15 is 0 Å². The van der Waals surface area contributed by atoms with Crippen LogP contribution in [0.3, 0.4) is 0 Å². The maximum atomic E-state index is 11.9. The third kappa shape index (κ3) is 48.2. The third-order valence-electron chi connectivity index (χ3n) is 21.6. The molecule has 0 heterocycles. The number of aryl methyl sites for hydroxylation is 2. The van der Waals surface area contributed by atoms with Gasteiger partial charge < -0.3 is 64.2 Å². The summed E-state index contributed by atoms with van der Waals surface area (Å²) in [5, 5.41) is 71.9. The van der Waals surface area contributed by atoms with E-state index in [1.165, 1.54) is 81.8 Å². The zero-order valence-electron chi connectivity index (χ0n) is 77.5. The van der Waals surface area contributed by atoms with E-state index in [0.29, 0.717) is 67.1 Å². The summed E-state index contributed by atoms with van der Waals surface area (Å²) < 4.78 is 34.8. The standard InChI is InChI=1S/C18H30O3.C18H28O3.2C18H30O2.C16H26O3.C16H26O/c2*1-4-8-17(19)15-9-7-10-16(13-15)21-14-18(20,11-5-2)12-6-3;1-4-8-15(9-5-2)14-20-17-12-7-11-16(13-17)18(19)10-6-3;1-4-7-9-16-10-8-11-17(14-16)20-15-18(19,12-5-2)13-6-3;1-4-8-15(17)13-9-7-10-14(11-13)19-12-16(18,5-2)6-3;1-4-7-9-15-10-8-11-16(12-15)17-13-14(5-2)6-3/h7,9-10,13,17,19-20H,4-6,8,11-12,14H2,1-3H3;7,9-10,13,20H,4-6,8,11-12,14H2,1-3H3;7,11-13,15,18-19H,4-6,8-10,14H2,1-3H3;8,10-11,14,19H,4-7,9,12-13,15H2,1-3H3;7,9-11,15,17-18H,4-6,8,12H2,1-3H3;8,10-12,14H,4-7,9,13H2,1-3H3. The SMILES string of the molecule is CCCC(=O)c1cccc(OCC(O)(CCC)CCC)c1.CCCC(CCC)COc1cccc(C(O)CCC)c1.CCCC(O)c1cccc(OCC(O)(CC)CC)c1.CCCC(O)c1cccc(OCC(O)(CCC)CCC)c1.CCCCc1cccc(OCC(CC)CC)c1.CCCCc1cccc(OCC(O)(CCC)CCC)c1. The summed E-state index contributed by atoms with van der Waals surface area (Å²) in [4.78, 5) is 11.9. The molecule has 7 N–H and O–H groups in total. The Balaban J connectivity index is 0.000000709. The highest BCUT2D eigenvalue weighted by Crippen LogP contribution is 2.31. The van der Waals surface area contributed by atoms with Crippen molar-refractivity contribution in [3.8, 4) is 34.5 Å². The summed E-state index contributed by atoms with van der Waals surface area (Å²) in [7, 11) is 0. The van der Waals surface area contributed by atoms with E-state index in [4.69, 9.17) is 28.4 Å². The van der Waals surface area contributed by atoms with Crippen molar-refractivity contribution in [2.24, 2.45) is 11.8 Å². The van der Waals surface area contributed by atoms with Crippen molar-refractivity contribution < 1.29 is 69.0 Å². The average Bonchev–Trinajstić information content (AvgIpc) is 0.878. The van der Waals surface area contributed by atoms with E-state index in [2.05, 4.69) is 133 Å². The lowest BCUT2D eigenvalue weighted by molar-refractivity contribution is -0.0205. The molecule has 118 heavy (non-hydrogen) atoms. The molecule has 3 unspecified atom stereocenters. The molecule has 0 fully saturated rings. The first-order valence-electron chi connectivity index (χ1n) is 46.6. The van der Waals surface area contributed by atoms with Gasteiger partial charge in [-0.05, 0) is 228 Å². The second kappa shape index (κ2) is 66.2. The Hall–Kier alpha value is -6.49. The van der Waals surface area contributed by atoms with Gasteiger partial charge in [-0.2, -0.15) is 0 Å². The third-order valence-corrected chi connectivity index (χ3v) is 21.6. The highest BCUT2D eigenvalue weighted by atomic mass is 16.5. The fourth-order valence-electron chi connectivity index (χ4n) is 14.2. The Morgan fingerprint density at radius 3 is 0.898 bits per heavy atom. The Bertz CT molecular complexity index is 3370. The summed E-state index contributed by atoms with van der Waals surface area (Å²) in [6, 6.07) is 47.0. The zero-order valence-corrected chi connectivity index (χ0v) is 77.5. The van der Waals surface area contributed by atoms with Crippen molar-refractivity contribution in [2.75, 3.05) is 39.6 Å². The topological polar surface area (TPSA) is 214 Å². The molecule has 14 nitrogen and oxygen atoms in total. The molecule has 3 atom stereocenters. The molecule has 0 aliphatic heterocycles. The molecular formula is C104H170O14. The van der Waals surface area contributed by atoms with E-state index in [-0.39, 0.29) is 25.1 Å². The Morgan fingerprint density at radius 1 is 0.305 bits per heavy atom. The van der Waals surface area contributed by atoms with Crippen molar-refractivity contribution in [2.45, 2.75) is 384 Å². The number of Topliss-reactive ketones (excluding diaryl/α,β-unsaturated/α-hetero) is 1. The van der Waals surface area contributed by atoms with Crippen LogP contribution in [0.2, 0.25) is 0 Å². The van der Waals surface area contributed by atoms with E-state index in [1.54, 1.807) is 6.07 Å². The molecule has 6 aromatic rings. The predicted octanol–water partition coefficient (Wildman–Crippen LogP) is 26.8. The quantitative estimate of drug-likeness (QED) is 0.0177. The highest BCUT2D eigenvalue weighted by molar-refractivity contribution is 5.96. The number of rotatable bonds is 56. The van der Waals surface area contributed by atoms with Crippen LogP contribution in [0.15, 0.2) is 146 Å². The number of benzene rings is 6. The lowest BCUT2D eigenvalue weighted by Gasteiger charge is -2.27. The molecule has 0 saturated carbocycles. The van der Waals surface area contributed by atoms with Crippen molar-refractivity contribution in [1.29, 1.82) is 0 Å². The second-order valence-electron chi connectivity index (χ2n) is 32.8. The van der Waals surface area contributed by atoms with Crippen LogP contribution in [0.25, 0.3) is 0 Å². The van der Waals surface area contributed by atoms with Gasteiger partial charge >= 0.3 is 0 Å². The number of hydrogen-bond acceptors (Lipinski definition) is 14. The van der Waals surface area contributed by atoms with E-state index < -0.39 is 34.6 Å². The molecule has 0 amide bonds. The van der Waals surface area contributed by atoms with Crippen LogP contribution >= 0.6 is 0 Å². The lowest BCUT2D eigenvalue weighted by atomic mass is 9.94. The summed E-state index contributed by atoms with van der Waals surface area (Å²) >= 11 is 0. The zero-order chi connectivity index (χ0) is 87.9. The fourth-order valence-corrected chi connectivity index (χ4v) is 14.2. The first kappa shape index (κ1) is 110. The number of carbonyl (C=O) groups excluding carboxylic acids is 1. The van der Waals surface area contributed by atoms with Gasteiger partial charge in [0.15, 0.2) is 5.78 Å². The molecule has 0 spiro atoms. The molecule has 0 aliphatic rings. The summed E-state index contributed by atoms with van der Waals surface area (Å²) in [5.41, 5.74) is 3.15. The average molecular weight is 1640 g/mol. The van der Waals surface area contributed by atoms with Crippen molar-refractivity contribution in [3.05, 3.63) is 179 Å². The van der Waals surface area contributed by atoms with Crippen LogP contribution in [-0.4, -0.2) is 104 Å². The maximum Gasteiger partial charge on any atom is 0.162 e. The molecule has 0 bridgehead atoms. The molecule has 14 heteroatoms. The summed E-state index contributed by atoms with van der Waals surface area (Å²) in [6.07, 6.45) is 31.4. The molecule has 6 rings (SSSR count). The number of ether oxygens (including phenoxy) is 6. The molecule has 670 valence electrons. The molecule has 0 radical (unpaired) electrons. The molecule has 6 aromatic carbocycles. The van der Waals surface area contributed by atoms with Gasteiger partial charge in [-0.3, -0.25) is 4.79 Å². The van der Waals surface area contributed by atoms with Gasteiger partial charge in [0.25, 0.3) is 0 Å². The minimum atomic E-state index is -0.771. The minimum Gasteiger partial charge on any atom is -0.493 e. The number of aliphatic hydroxyl groups is 7. The van der Waals surface area contributed by atoms with E-state index in [1.807, 2.05) is 131 Å². The maximum absolute atomic E-state index is 11.9. The number of hydrogen-bond donors (Lipinski definition) is 7. The highest BCUT2D eigenvalue weighted by Gasteiger charge is 2.29. The van der Waals surface area contributed by atoms with Gasteiger partial charge in [-0.1, -0.05) is 294 Å². The number of ketones is 1. The first-order chi connectivity index (χ1) is 56.8. The van der Waals surface area contributed by atoms with Crippen LogP contribution in [0, 0.1) is 11.8 Å². The van der Waals surface area contributed by atoms with Crippen LogP contribution in [-0.2, 0) is 12.8 Å². The summed E-state index contributed by atoms with van der Waals surface area (Å²) in [6.45, 7) is 40.8. The van der Waals surface area contributed by atoms with Crippen molar-refractivity contribution >= 4 is 5.78 Å². The van der Waals surface area contributed by atoms with Crippen LogP contribution in [0.4, 0.5) is 0 Å². The van der Waals surface area contributed by atoms with Gasteiger partial charge in [-0.15, -0.1) is 0 Å². The van der Waals surface area contributed by atoms with Crippen LogP contribution in [0.5, 0.6) is 34.5 Å². The van der Waals surface area contributed by atoms with E-state index in [0.717, 1.165) is 176 Å². The lowest BCUT2D eigenvalue weighted by Crippen LogP contribution is -2.35. The number of aliphatic hydroxyl groups excluding tert-OH is 3. The second-order valence-corrected chi connectivity index (χ2v) is 32.8. The minimum absolute atomic E-state index is 0.139. The predicted molar refractivity (Wildman–Crippen MR) is 495 cm³/mol. The van der Waals surface area contributed by atoms with Crippen LogP contribution < -0.4 is 28.4 Å². The fraction of sp³-hybridized carbons (Fsp3) is 0.644.